The monoisotopic (exact) mass is 268 g/mol. The third-order valence-corrected chi connectivity index (χ3v) is 3.55. The van der Waals surface area contributed by atoms with E-state index < -0.39 is 0 Å². The molecule has 2 N–H and O–H groups in total. The van der Waals surface area contributed by atoms with Crippen LogP contribution in [0.2, 0.25) is 0 Å². The molecular formula is C16H16N2O2. The largest absolute Gasteiger partial charge is 0.399 e. The molecule has 2 aromatic rings. The predicted octanol–water partition coefficient (Wildman–Crippen LogP) is 2.58. The topological polar surface area (TPSA) is 55.6 Å². The molecule has 3 rings (SSSR count). The molecular weight excluding hydrogens is 252 g/mol. The highest BCUT2D eigenvalue weighted by Crippen LogP contribution is 2.23. The van der Waals surface area contributed by atoms with Crippen LogP contribution in [-0.2, 0) is 18.0 Å². The summed E-state index contributed by atoms with van der Waals surface area (Å²) in [6.45, 7) is 1.22. The molecule has 0 saturated heterocycles. The molecule has 0 aromatic heterocycles. The van der Waals surface area contributed by atoms with Gasteiger partial charge in [0.05, 0.1) is 13.2 Å². The number of hydrogen-bond donors (Lipinski definition) is 1. The van der Waals surface area contributed by atoms with E-state index in [1.165, 1.54) is 0 Å². The molecule has 102 valence electrons. The zero-order chi connectivity index (χ0) is 14.1. The molecule has 0 aliphatic carbocycles. The number of rotatable bonds is 2. The summed E-state index contributed by atoms with van der Waals surface area (Å²) in [7, 11) is 1.76. The Bertz CT molecular complexity index is 650. The normalized spacial score (nSPS) is 13.1. The van der Waals surface area contributed by atoms with Crippen LogP contribution >= 0.6 is 0 Å². The Hall–Kier alpha value is -2.33. The van der Waals surface area contributed by atoms with Crippen LogP contribution in [-0.4, -0.2) is 13.0 Å². The van der Waals surface area contributed by atoms with Crippen LogP contribution in [0.3, 0.4) is 0 Å². The lowest BCUT2D eigenvalue weighted by Crippen LogP contribution is -2.26. The fraction of sp³-hybridized carbons (Fsp3) is 0.188. The van der Waals surface area contributed by atoms with Crippen molar-refractivity contribution in [2.24, 2.45) is 0 Å². The van der Waals surface area contributed by atoms with Gasteiger partial charge in [-0.15, -0.1) is 0 Å². The van der Waals surface area contributed by atoms with Crippen molar-refractivity contribution in [2.75, 3.05) is 17.7 Å². The number of anilines is 2. The second kappa shape index (κ2) is 4.98. The summed E-state index contributed by atoms with van der Waals surface area (Å²) in [5, 5.41) is 0. The summed E-state index contributed by atoms with van der Waals surface area (Å²) in [6.07, 6.45) is 0. The number of hydrogen-bond acceptors (Lipinski definition) is 3. The van der Waals surface area contributed by atoms with Crippen molar-refractivity contribution in [1.29, 1.82) is 0 Å². The number of benzene rings is 2. The Morgan fingerprint density at radius 1 is 1.10 bits per heavy atom. The fourth-order valence-electron chi connectivity index (χ4n) is 2.31. The molecule has 4 heteroatoms. The summed E-state index contributed by atoms with van der Waals surface area (Å²) in [4.78, 5) is 14.1. The zero-order valence-corrected chi connectivity index (χ0v) is 11.3. The Morgan fingerprint density at radius 3 is 2.55 bits per heavy atom. The number of nitrogens with two attached hydrogens (primary N) is 1. The van der Waals surface area contributed by atoms with E-state index in [0.717, 1.165) is 16.8 Å². The van der Waals surface area contributed by atoms with E-state index in [2.05, 4.69) is 0 Å². The molecule has 0 spiro atoms. The Kier molecular flexibility index (Phi) is 3.16. The first-order chi connectivity index (χ1) is 9.65. The van der Waals surface area contributed by atoms with E-state index >= 15 is 0 Å². The number of nitrogens with zero attached hydrogens (tertiary/aromatic N) is 1. The highest BCUT2D eigenvalue weighted by Gasteiger charge is 2.17. The van der Waals surface area contributed by atoms with Gasteiger partial charge in [-0.2, -0.15) is 0 Å². The second-order valence-corrected chi connectivity index (χ2v) is 4.93. The smallest absolute Gasteiger partial charge is 0.258 e. The van der Waals surface area contributed by atoms with Gasteiger partial charge in [0.15, 0.2) is 0 Å². The number of fused-ring (bicyclic) bond motifs is 1. The molecule has 1 aliphatic rings. The Morgan fingerprint density at radius 2 is 1.80 bits per heavy atom. The molecule has 0 unspecified atom stereocenters. The quantitative estimate of drug-likeness (QED) is 0.852. The molecule has 2 aromatic carbocycles. The molecule has 1 aliphatic heterocycles. The van der Waals surface area contributed by atoms with Crippen molar-refractivity contribution < 1.29 is 9.53 Å². The Balaban J connectivity index is 1.86. The lowest BCUT2D eigenvalue weighted by atomic mass is 10.1. The summed E-state index contributed by atoms with van der Waals surface area (Å²) in [6, 6.07) is 13.0. The first kappa shape index (κ1) is 12.7. The molecule has 0 saturated carbocycles. The number of ether oxygens (including phenoxy) is 1. The van der Waals surface area contributed by atoms with E-state index in [4.69, 9.17) is 10.5 Å². The first-order valence-electron chi connectivity index (χ1n) is 6.48. The summed E-state index contributed by atoms with van der Waals surface area (Å²) in [5.41, 5.74) is 10.1. The van der Waals surface area contributed by atoms with Crippen LogP contribution < -0.4 is 10.6 Å². The van der Waals surface area contributed by atoms with E-state index in [0.29, 0.717) is 24.5 Å². The molecule has 0 fully saturated rings. The van der Waals surface area contributed by atoms with Gasteiger partial charge in [-0.3, -0.25) is 4.79 Å². The van der Waals surface area contributed by atoms with Gasteiger partial charge in [-0.25, -0.2) is 0 Å². The lowest BCUT2D eigenvalue weighted by molar-refractivity contribution is 0.0993. The minimum atomic E-state index is -0.0375. The highest BCUT2D eigenvalue weighted by atomic mass is 16.5. The van der Waals surface area contributed by atoms with Gasteiger partial charge in [0.1, 0.15) is 0 Å². The van der Waals surface area contributed by atoms with Gasteiger partial charge in [0.25, 0.3) is 5.91 Å². The second-order valence-electron chi connectivity index (χ2n) is 4.93. The maximum absolute atomic E-state index is 12.5. The third-order valence-electron chi connectivity index (χ3n) is 3.55. The standard InChI is InChI=1S/C16H16N2O2/c1-18(15-6-4-14(17)5-7-15)16(19)11-2-3-12-9-20-10-13(12)8-11/h2-8H,9-10,17H2,1H3. The molecule has 20 heavy (non-hydrogen) atoms. The fourth-order valence-corrected chi connectivity index (χ4v) is 2.31. The van der Waals surface area contributed by atoms with Gasteiger partial charge in [-0.05, 0) is 47.5 Å². The van der Waals surface area contributed by atoms with Crippen molar-refractivity contribution in [1.82, 2.24) is 0 Å². The summed E-state index contributed by atoms with van der Waals surface area (Å²) >= 11 is 0. The van der Waals surface area contributed by atoms with Crippen molar-refractivity contribution in [3.8, 4) is 0 Å². The van der Waals surface area contributed by atoms with Gasteiger partial charge in [0, 0.05) is 24.0 Å². The SMILES string of the molecule is CN(C(=O)c1ccc2c(c1)COC2)c1ccc(N)cc1. The highest BCUT2D eigenvalue weighted by molar-refractivity contribution is 6.05. The van der Waals surface area contributed by atoms with Crippen molar-refractivity contribution >= 4 is 17.3 Å². The van der Waals surface area contributed by atoms with Gasteiger partial charge in [0.2, 0.25) is 0 Å². The molecule has 0 atom stereocenters. The molecule has 0 bridgehead atoms. The molecule has 1 amide bonds. The lowest BCUT2D eigenvalue weighted by Gasteiger charge is -2.18. The number of carbonyl (C=O) groups is 1. The zero-order valence-electron chi connectivity index (χ0n) is 11.3. The number of carbonyl (C=O) groups excluding carboxylic acids is 1. The predicted molar refractivity (Wildman–Crippen MR) is 78.5 cm³/mol. The molecule has 1 heterocycles. The van der Waals surface area contributed by atoms with Crippen LogP contribution in [0.5, 0.6) is 0 Å². The molecule has 4 nitrogen and oxygen atoms in total. The van der Waals surface area contributed by atoms with Gasteiger partial charge >= 0.3 is 0 Å². The van der Waals surface area contributed by atoms with E-state index in [1.807, 2.05) is 30.3 Å². The van der Waals surface area contributed by atoms with Crippen LogP contribution in [0.4, 0.5) is 11.4 Å². The van der Waals surface area contributed by atoms with E-state index in [9.17, 15) is 4.79 Å². The third kappa shape index (κ3) is 2.26. The van der Waals surface area contributed by atoms with E-state index in [-0.39, 0.29) is 5.91 Å². The summed E-state index contributed by atoms with van der Waals surface area (Å²) in [5.74, 6) is -0.0375. The van der Waals surface area contributed by atoms with Crippen molar-refractivity contribution in [3.63, 3.8) is 0 Å². The minimum absolute atomic E-state index is 0.0375. The van der Waals surface area contributed by atoms with Crippen molar-refractivity contribution in [2.45, 2.75) is 13.2 Å². The van der Waals surface area contributed by atoms with Crippen LogP contribution in [0.1, 0.15) is 21.5 Å². The van der Waals surface area contributed by atoms with Crippen LogP contribution in [0.25, 0.3) is 0 Å². The maximum atomic E-state index is 12.5. The number of amides is 1. The maximum Gasteiger partial charge on any atom is 0.258 e. The van der Waals surface area contributed by atoms with E-state index in [1.54, 1.807) is 24.1 Å². The molecule has 0 radical (unpaired) electrons. The van der Waals surface area contributed by atoms with Crippen LogP contribution in [0.15, 0.2) is 42.5 Å². The van der Waals surface area contributed by atoms with Crippen LogP contribution in [0, 0.1) is 0 Å². The first-order valence-corrected chi connectivity index (χ1v) is 6.48. The number of nitrogen functional groups attached to an aromatic ring is 1. The average Bonchev–Trinajstić information content (AvgIpc) is 2.94. The van der Waals surface area contributed by atoms with Gasteiger partial charge < -0.3 is 15.4 Å². The average molecular weight is 268 g/mol. The Labute approximate surface area is 117 Å². The summed E-state index contributed by atoms with van der Waals surface area (Å²) < 4.78 is 5.37. The van der Waals surface area contributed by atoms with Gasteiger partial charge in [-0.1, -0.05) is 6.07 Å². The minimum Gasteiger partial charge on any atom is -0.399 e. The van der Waals surface area contributed by atoms with Crippen molar-refractivity contribution in [3.05, 3.63) is 59.2 Å².